The Morgan fingerprint density at radius 3 is 2.20 bits per heavy atom. The fourth-order valence-corrected chi connectivity index (χ4v) is 3.79. The van der Waals surface area contributed by atoms with E-state index < -0.39 is 5.60 Å². The van der Waals surface area contributed by atoms with Gasteiger partial charge < -0.3 is 34.2 Å². The first kappa shape index (κ1) is 24.6. The molecule has 11 heteroatoms. The van der Waals surface area contributed by atoms with Crippen molar-refractivity contribution in [1.82, 2.24) is 20.0 Å². The van der Waals surface area contributed by atoms with Gasteiger partial charge in [0.05, 0.1) is 25.3 Å². The number of ether oxygens (including phenoxy) is 3. The van der Waals surface area contributed by atoms with E-state index in [9.17, 15) is 14.4 Å². The van der Waals surface area contributed by atoms with Crippen LogP contribution in [0, 0.1) is 0 Å². The Morgan fingerprint density at radius 1 is 1.00 bits per heavy atom. The minimum Gasteiger partial charge on any atom is -0.444 e. The van der Waals surface area contributed by atoms with Crippen LogP contribution in [0.3, 0.4) is 0 Å². The SMILES string of the molecule is CC(C)(C)OC(=O)N1CCN2C(=O)COC[C@@H]2C1.Cl.O=C1COC[C@@H]2CNCCN12. The number of nitrogens with zero attached hydrogens (tertiary/aromatic N) is 3. The predicted octanol–water partition coefficient (Wildman–Crippen LogP) is -0.297. The van der Waals surface area contributed by atoms with Crippen LogP contribution in [-0.4, -0.2) is 116 Å². The van der Waals surface area contributed by atoms with Gasteiger partial charge in [0, 0.05) is 39.3 Å². The molecule has 4 aliphatic heterocycles. The zero-order valence-corrected chi connectivity index (χ0v) is 18.7. The number of nitrogens with one attached hydrogen (secondary N) is 1. The maximum absolute atomic E-state index is 11.9. The number of halogens is 1. The molecule has 172 valence electrons. The smallest absolute Gasteiger partial charge is 0.410 e. The average molecular weight is 449 g/mol. The highest BCUT2D eigenvalue weighted by Gasteiger charge is 2.36. The van der Waals surface area contributed by atoms with Gasteiger partial charge >= 0.3 is 6.09 Å². The van der Waals surface area contributed by atoms with Crippen molar-refractivity contribution in [3.8, 4) is 0 Å². The molecule has 30 heavy (non-hydrogen) atoms. The summed E-state index contributed by atoms with van der Waals surface area (Å²) in [7, 11) is 0. The fourth-order valence-electron chi connectivity index (χ4n) is 3.79. The summed E-state index contributed by atoms with van der Waals surface area (Å²) in [5.74, 6) is 0.151. The number of piperazine rings is 2. The number of hydrogen-bond acceptors (Lipinski definition) is 7. The van der Waals surface area contributed by atoms with E-state index in [-0.39, 0.29) is 55.6 Å². The molecular weight excluding hydrogens is 416 g/mol. The molecule has 3 amide bonds. The zero-order valence-electron chi connectivity index (χ0n) is 17.9. The molecule has 0 bridgehead atoms. The molecule has 0 aliphatic carbocycles. The Kier molecular flexibility index (Phi) is 8.72. The largest absolute Gasteiger partial charge is 0.444 e. The van der Waals surface area contributed by atoms with Crippen molar-refractivity contribution in [3.05, 3.63) is 0 Å². The molecule has 1 N–H and O–H groups in total. The Morgan fingerprint density at radius 2 is 1.60 bits per heavy atom. The van der Waals surface area contributed by atoms with Gasteiger partial charge in [0.2, 0.25) is 11.8 Å². The van der Waals surface area contributed by atoms with E-state index in [4.69, 9.17) is 14.2 Å². The average Bonchev–Trinajstić information content (AvgIpc) is 2.68. The monoisotopic (exact) mass is 448 g/mol. The quantitative estimate of drug-likeness (QED) is 0.543. The normalized spacial score (nSPS) is 26.6. The third-order valence-electron chi connectivity index (χ3n) is 5.20. The summed E-state index contributed by atoms with van der Waals surface area (Å²) >= 11 is 0. The van der Waals surface area contributed by atoms with Crippen LogP contribution >= 0.6 is 12.4 Å². The Hall–Kier alpha value is -1.62. The number of carbonyl (C=O) groups is 3. The molecule has 0 aromatic heterocycles. The maximum Gasteiger partial charge on any atom is 0.410 e. The number of fused-ring (bicyclic) bond motifs is 2. The summed E-state index contributed by atoms with van der Waals surface area (Å²) in [5, 5.41) is 3.23. The summed E-state index contributed by atoms with van der Waals surface area (Å²) in [5.41, 5.74) is -0.493. The van der Waals surface area contributed by atoms with E-state index in [1.165, 1.54) is 0 Å². The molecule has 4 heterocycles. The first-order chi connectivity index (χ1) is 13.7. The fraction of sp³-hybridized carbons (Fsp3) is 0.842. The Labute approximate surface area is 183 Å². The Balaban J connectivity index is 0.000000229. The highest BCUT2D eigenvalue weighted by Crippen LogP contribution is 2.17. The van der Waals surface area contributed by atoms with Crippen LogP contribution in [0.15, 0.2) is 0 Å². The molecule has 4 fully saturated rings. The van der Waals surface area contributed by atoms with E-state index in [2.05, 4.69) is 5.32 Å². The van der Waals surface area contributed by atoms with Crippen LogP contribution in [-0.2, 0) is 23.8 Å². The number of amides is 3. The van der Waals surface area contributed by atoms with E-state index in [0.717, 1.165) is 19.6 Å². The molecular formula is C19H33ClN4O6. The molecule has 10 nitrogen and oxygen atoms in total. The minimum atomic E-state index is -0.493. The van der Waals surface area contributed by atoms with Gasteiger partial charge in [-0.2, -0.15) is 0 Å². The van der Waals surface area contributed by atoms with E-state index >= 15 is 0 Å². The second-order valence-corrected chi connectivity index (χ2v) is 8.64. The summed E-state index contributed by atoms with van der Waals surface area (Å²) in [6, 6.07) is 0.248. The molecule has 0 aromatic carbocycles. The van der Waals surface area contributed by atoms with E-state index in [1.807, 2.05) is 25.7 Å². The summed E-state index contributed by atoms with van der Waals surface area (Å²) in [4.78, 5) is 40.1. The van der Waals surface area contributed by atoms with Crippen molar-refractivity contribution >= 4 is 30.3 Å². The first-order valence-corrected chi connectivity index (χ1v) is 10.2. The number of carbonyl (C=O) groups excluding carboxylic acids is 3. The van der Waals surface area contributed by atoms with Crippen LogP contribution in [0.2, 0.25) is 0 Å². The lowest BCUT2D eigenvalue weighted by Crippen LogP contribution is -2.61. The van der Waals surface area contributed by atoms with E-state index in [0.29, 0.717) is 32.8 Å². The van der Waals surface area contributed by atoms with Gasteiger partial charge in [0.15, 0.2) is 0 Å². The lowest BCUT2D eigenvalue weighted by Gasteiger charge is -2.43. The molecule has 0 saturated carbocycles. The standard InChI is InChI=1S/C12H20N2O4.C7H12N2O2.ClH/c1-12(2,3)18-11(16)13-4-5-14-9(6-13)7-17-8-10(14)15;10-7-5-11-4-6-3-8-1-2-9(6)7;/h9H,4-8H2,1-3H3;6,8H,1-5H2;1H/t9-;6-;/m00./s1. The van der Waals surface area contributed by atoms with Crippen LogP contribution in [0.25, 0.3) is 0 Å². The summed E-state index contributed by atoms with van der Waals surface area (Å²) < 4.78 is 15.7. The van der Waals surface area contributed by atoms with Gasteiger partial charge in [-0.05, 0) is 20.8 Å². The number of rotatable bonds is 0. The van der Waals surface area contributed by atoms with Crippen molar-refractivity contribution in [3.63, 3.8) is 0 Å². The maximum atomic E-state index is 11.9. The predicted molar refractivity (Wildman–Crippen MR) is 111 cm³/mol. The van der Waals surface area contributed by atoms with Crippen LogP contribution < -0.4 is 5.32 Å². The van der Waals surface area contributed by atoms with Crippen LogP contribution in [0.5, 0.6) is 0 Å². The topological polar surface area (TPSA) is 101 Å². The van der Waals surface area contributed by atoms with Crippen molar-refractivity contribution in [1.29, 1.82) is 0 Å². The van der Waals surface area contributed by atoms with E-state index in [1.54, 1.807) is 9.80 Å². The van der Waals surface area contributed by atoms with Crippen molar-refractivity contribution in [2.75, 3.05) is 65.7 Å². The lowest BCUT2D eigenvalue weighted by molar-refractivity contribution is -0.152. The highest BCUT2D eigenvalue weighted by molar-refractivity contribution is 5.85. The number of hydrogen-bond donors (Lipinski definition) is 1. The Bertz CT molecular complexity index is 627. The molecule has 4 saturated heterocycles. The van der Waals surface area contributed by atoms with Gasteiger partial charge in [-0.25, -0.2) is 4.79 Å². The van der Waals surface area contributed by atoms with Gasteiger partial charge in [0.25, 0.3) is 0 Å². The van der Waals surface area contributed by atoms with Gasteiger partial charge in [-0.15, -0.1) is 12.4 Å². The second kappa shape index (κ2) is 10.6. The highest BCUT2D eigenvalue weighted by atomic mass is 35.5. The van der Waals surface area contributed by atoms with Crippen molar-refractivity contribution in [2.45, 2.75) is 38.5 Å². The van der Waals surface area contributed by atoms with Crippen LogP contribution in [0.4, 0.5) is 4.79 Å². The molecule has 4 rings (SSSR count). The third-order valence-corrected chi connectivity index (χ3v) is 5.20. The van der Waals surface area contributed by atoms with Gasteiger partial charge in [-0.1, -0.05) is 0 Å². The minimum absolute atomic E-state index is 0. The van der Waals surface area contributed by atoms with Gasteiger partial charge in [-0.3, -0.25) is 9.59 Å². The molecule has 0 unspecified atom stereocenters. The van der Waals surface area contributed by atoms with Crippen molar-refractivity contribution < 1.29 is 28.6 Å². The zero-order chi connectivity index (χ0) is 21.0. The summed E-state index contributed by atoms with van der Waals surface area (Å²) in [6.07, 6.45) is -0.319. The lowest BCUT2D eigenvalue weighted by atomic mass is 10.1. The molecule has 0 radical (unpaired) electrons. The second-order valence-electron chi connectivity index (χ2n) is 8.64. The molecule has 0 spiro atoms. The summed E-state index contributed by atoms with van der Waals surface area (Å²) in [6.45, 7) is 11.4. The van der Waals surface area contributed by atoms with Crippen LogP contribution in [0.1, 0.15) is 20.8 Å². The molecule has 2 atom stereocenters. The van der Waals surface area contributed by atoms with Crippen molar-refractivity contribution in [2.24, 2.45) is 0 Å². The molecule has 4 aliphatic rings. The third kappa shape index (κ3) is 6.44. The number of morpholine rings is 2. The van der Waals surface area contributed by atoms with Gasteiger partial charge in [0.1, 0.15) is 18.8 Å². The first-order valence-electron chi connectivity index (χ1n) is 10.2. The molecule has 0 aromatic rings.